The third kappa shape index (κ3) is 3.94. The number of nitrogens with zero attached hydrogens (tertiary/aromatic N) is 3. The van der Waals surface area contributed by atoms with Crippen LogP contribution < -0.4 is 5.49 Å². The number of hydrogen-bond donors (Lipinski definition) is 1. The van der Waals surface area contributed by atoms with Crippen LogP contribution in [0.2, 0.25) is 0 Å². The van der Waals surface area contributed by atoms with Crippen LogP contribution in [0.25, 0.3) is 22.4 Å². The maximum atomic E-state index is 9.45. The molecule has 1 aliphatic rings. The molecule has 0 fully saturated rings. The summed E-state index contributed by atoms with van der Waals surface area (Å²) in [7, 11) is 0. The molecule has 0 bridgehead atoms. The van der Waals surface area contributed by atoms with E-state index in [1.165, 1.54) is 0 Å². The number of pyridine rings is 1. The van der Waals surface area contributed by atoms with Crippen LogP contribution in [0, 0.1) is 10.0 Å². The van der Waals surface area contributed by atoms with Crippen LogP contribution in [0.1, 0.15) is 25.0 Å². The third-order valence-corrected chi connectivity index (χ3v) is 7.35. The van der Waals surface area contributed by atoms with Gasteiger partial charge < -0.3 is 4.74 Å². The number of ether oxygens (including phenoxy) is 1. The molecule has 7 heteroatoms. The summed E-state index contributed by atoms with van der Waals surface area (Å²) in [4.78, 5) is 5.16. The minimum atomic E-state index is -0.346. The minimum Gasteiger partial charge on any atom is -0.370 e. The molecule has 0 aliphatic carbocycles. The molecule has 0 radical (unpaired) electrons. The van der Waals surface area contributed by atoms with Crippen LogP contribution in [-0.2, 0) is 17.8 Å². The fraction of sp³-hybridized carbons (Fsp3) is 0.222. The Hall–Kier alpha value is -3.00. The molecule has 0 saturated heterocycles. The Morgan fingerprint density at radius 3 is 2.29 bits per heavy atom. The summed E-state index contributed by atoms with van der Waals surface area (Å²) >= 11 is 7.58. The summed E-state index contributed by atoms with van der Waals surface area (Å²) in [5.41, 5.74) is 4.61. The molecule has 0 spiro atoms. The van der Waals surface area contributed by atoms with Crippen molar-refractivity contribution in [1.82, 2.24) is 14.1 Å². The molecule has 0 atom stereocenters. The predicted molar refractivity (Wildman–Crippen MR) is 141 cm³/mol. The van der Waals surface area contributed by atoms with E-state index in [4.69, 9.17) is 21.9 Å². The van der Waals surface area contributed by atoms with Crippen LogP contribution in [0.4, 0.5) is 0 Å². The van der Waals surface area contributed by atoms with Crippen molar-refractivity contribution in [3.05, 3.63) is 94.6 Å². The topological polar surface area (TPSA) is 55.8 Å². The number of aromatic nitrogens is 3. The highest BCUT2D eigenvalue weighted by atomic mass is 32.2. The first-order valence-electron chi connectivity index (χ1n) is 11.2. The van der Waals surface area contributed by atoms with Crippen molar-refractivity contribution in [3.63, 3.8) is 0 Å². The van der Waals surface area contributed by atoms with E-state index in [2.05, 4.69) is 20.4 Å². The summed E-state index contributed by atoms with van der Waals surface area (Å²) in [6.07, 6.45) is 2.52. The molecule has 0 amide bonds. The van der Waals surface area contributed by atoms with Gasteiger partial charge in [-0.3, -0.25) is 14.5 Å². The van der Waals surface area contributed by atoms with Gasteiger partial charge in [0, 0.05) is 29.1 Å². The fourth-order valence-corrected chi connectivity index (χ4v) is 5.53. The summed E-state index contributed by atoms with van der Waals surface area (Å²) < 4.78 is 10.8. The predicted octanol–water partition coefficient (Wildman–Crippen LogP) is 6.15. The van der Waals surface area contributed by atoms with Crippen molar-refractivity contribution in [2.75, 3.05) is 5.75 Å². The third-order valence-electron chi connectivity index (χ3n) is 5.98. The lowest BCUT2D eigenvalue weighted by Gasteiger charge is -2.33. The second-order valence-electron chi connectivity index (χ2n) is 8.87. The van der Waals surface area contributed by atoms with Gasteiger partial charge >= 0.3 is 0 Å². The Labute approximate surface area is 208 Å². The Morgan fingerprint density at radius 2 is 1.68 bits per heavy atom. The minimum absolute atomic E-state index is 0.346. The Bertz CT molecular complexity index is 1510. The Balaban J connectivity index is 1.96. The molecule has 2 aromatic carbocycles. The normalized spacial score (nSPS) is 14.6. The molecule has 5 nitrogen and oxygen atoms in total. The zero-order valence-electron chi connectivity index (χ0n) is 19.2. The highest BCUT2D eigenvalue weighted by Gasteiger charge is 2.31. The fourth-order valence-electron chi connectivity index (χ4n) is 4.41. The van der Waals surface area contributed by atoms with Gasteiger partial charge in [0.1, 0.15) is 10.1 Å². The molecular weight excluding hydrogens is 460 g/mol. The molecule has 2 aromatic heterocycles. The molecule has 34 heavy (non-hydrogen) atoms. The number of nitrogens with one attached hydrogen (secondary N) is 1. The molecule has 4 aromatic rings. The van der Waals surface area contributed by atoms with Crippen LogP contribution in [0.3, 0.4) is 0 Å². The summed E-state index contributed by atoms with van der Waals surface area (Å²) in [6, 6.07) is 20.0. The SMILES string of the molecule is C=CCSc1nc2c(c3c(c(=S)n2-c2ccccc2)COC(C)(C)C3)c(=N)n1-c1ccccc1. The number of hydrogen-bond acceptors (Lipinski definition) is 5. The lowest BCUT2D eigenvalue weighted by Crippen LogP contribution is -2.35. The summed E-state index contributed by atoms with van der Waals surface area (Å²) in [5, 5.41) is 11.0. The lowest BCUT2D eigenvalue weighted by molar-refractivity contribution is -0.0401. The van der Waals surface area contributed by atoms with Gasteiger partial charge in [-0.25, -0.2) is 4.98 Å². The Kier molecular flexibility index (Phi) is 6.02. The van der Waals surface area contributed by atoms with Crippen molar-refractivity contribution < 1.29 is 4.74 Å². The summed E-state index contributed by atoms with van der Waals surface area (Å²) in [6.45, 7) is 8.46. The van der Waals surface area contributed by atoms with Crippen molar-refractivity contribution >= 4 is 35.0 Å². The van der Waals surface area contributed by atoms with Gasteiger partial charge in [0.2, 0.25) is 0 Å². The number of thioether (sulfide) groups is 1. The average molecular weight is 487 g/mol. The first-order chi connectivity index (χ1) is 16.4. The van der Waals surface area contributed by atoms with Crippen molar-refractivity contribution in [2.45, 2.75) is 37.6 Å². The Morgan fingerprint density at radius 1 is 1.06 bits per heavy atom. The molecule has 1 aliphatic heterocycles. The second-order valence-corrected chi connectivity index (χ2v) is 10.2. The molecule has 0 unspecified atom stereocenters. The molecule has 0 saturated carbocycles. The number of benzene rings is 2. The zero-order valence-corrected chi connectivity index (χ0v) is 20.9. The smallest absolute Gasteiger partial charge is 0.176 e. The first kappa shape index (κ1) is 22.8. The lowest BCUT2D eigenvalue weighted by atomic mass is 9.90. The number of rotatable bonds is 5. The standard InChI is InChI=1S/C27H26N4OS2/c1-4-15-34-26-29-24-22(23(28)30(26)18-11-7-5-8-12-18)20-16-27(2,3)32-17-21(20)25(33)31(24)19-13-9-6-10-14-19/h4-14,28H,1,15-17H2,2-3H3. The quantitative estimate of drug-likeness (QED) is 0.159. The highest BCUT2D eigenvalue weighted by Crippen LogP contribution is 2.34. The molecular formula is C27H26N4OS2. The number of para-hydroxylation sites is 2. The van der Waals surface area contributed by atoms with E-state index in [1.807, 2.05) is 75.9 Å². The number of fused-ring (bicyclic) bond motifs is 3. The first-order valence-corrected chi connectivity index (χ1v) is 12.6. The largest absolute Gasteiger partial charge is 0.370 e. The van der Waals surface area contributed by atoms with Crippen LogP contribution in [0.5, 0.6) is 0 Å². The van der Waals surface area contributed by atoms with Gasteiger partial charge in [0.25, 0.3) is 0 Å². The van der Waals surface area contributed by atoms with Gasteiger partial charge in [-0.15, -0.1) is 6.58 Å². The van der Waals surface area contributed by atoms with Gasteiger partial charge in [-0.1, -0.05) is 66.5 Å². The monoisotopic (exact) mass is 486 g/mol. The van der Waals surface area contributed by atoms with E-state index in [0.29, 0.717) is 34.6 Å². The van der Waals surface area contributed by atoms with Crippen LogP contribution >= 0.6 is 24.0 Å². The van der Waals surface area contributed by atoms with Crippen LogP contribution in [0.15, 0.2) is 78.5 Å². The molecule has 172 valence electrons. The van der Waals surface area contributed by atoms with Crippen molar-refractivity contribution in [1.29, 1.82) is 5.41 Å². The second kappa shape index (κ2) is 8.98. The molecule has 3 heterocycles. The van der Waals surface area contributed by atoms with Crippen molar-refractivity contribution in [2.24, 2.45) is 0 Å². The van der Waals surface area contributed by atoms with E-state index in [1.54, 1.807) is 11.8 Å². The molecule has 5 rings (SSSR count). The van der Waals surface area contributed by atoms with E-state index in [9.17, 15) is 5.41 Å². The average Bonchev–Trinajstić information content (AvgIpc) is 2.83. The maximum Gasteiger partial charge on any atom is 0.176 e. The van der Waals surface area contributed by atoms with E-state index in [0.717, 1.165) is 33.0 Å². The van der Waals surface area contributed by atoms with Gasteiger partial charge in [0.05, 0.1) is 17.6 Å². The highest BCUT2D eigenvalue weighted by molar-refractivity contribution is 7.99. The summed E-state index contributed by atoms with van der Waals surface area (Å²) in [5.74, 6) is 0.683. The van der Waals surface area contributed by atoms with E-state index < -0.39 is 0 Å². The van der Waals surface area contributed by atoms with E-state index in [-0.39, 0.29) is 5.60 Å². The zero-order chi connectivity index (χ0) is 23.9. The molecule has 1 N–H and O–H groups in total. The van der Waals surface area contributed by atoms with Gasteiger partial charge in [-0.2, -0.15) is 0 Å². The maximum absolute atomic E-state index is 9.45. The van der Waals surface area contributed by atoms with Crippen LogP contribution in [-0.4, -0.2) is 25.5 Å². The van der Waals surface area contributed by atoms with E-state index >= 15 is 0 Å². The van der Waals surface area contributed by atoms with Gasteiger partial charge in [-0.05, 0) is 43.7 Å². The van der Waals surface area contributed by atoms with Gasteiger partial charge in [0.15, 0.2) is 10.8 Å². The van der Waals surface area contributed by atoms with Crippen molar-refractivity contribution in [3.8, 4) is 11.4 Å².